The van der Waals surface area contributed by atoms with Crippen molar-refractivity contribution < 1.29 is 59.3 Å². The third-order valence-corrected chi connectivity index (χ3v) is 5.39. The molecule has 3 rings (SSSR count). The number of rotatable bonds is 10. The van der Waals surface area contributed by atoms with E-state index in [9.17, 15) is 39.6 Å². The molecule has 0 radical (unpaired) electrons. The Labute approximate surface area is 190 Å². The van der Waals surface area contributed by atoms with Gasteiger partial charge in [0.05, 0.1) is 24.7 Å². The average Bonchev–Trinajstić information content (AvgIpc) is 3.24. The molecule has 0 aromatic carbocycles. The van der Waals surface area contributed by atoms with Crippen molar-refractivity contribution in [3.05, 3.63) is 23.3 Å². The van der Waals surface area contributed by atoms with Crippen molar-refractivity contribution in [3.8, 4) is 23.5 Å². The third kappa shape index (κ3) is 5.33. The molecule has 1 fully saturated rings. The zero-order valence-corrected chi connectivity index (χ0v) is 17.4. The summed E-state index contributed by atoms with van der Waals surface area (Å²) in [7, 11) is 0. The molecule has 1 saturated carbocycles. The van der Waals surface area contributed by atoms with Crippen LogP contribution in [0.4, 0.5) is 0 Å². The summed E-state index contributed by atoms with van der Waals surface area (Å²) >= 11 is 0. The number of aliphatic carboxylic acids is 2. The molecule has 2 aromatic rings. The first-order valence-corrected chi connectivity index (χ1v) is 10.0. The van der Waals surface area contributed by atoms with Gasteiger partial charge in [-0.3, -0.25) is 29.1 Å². The molecule has 1 aliphatic carbocycles. The molecule has 14 nitrogen and oxygen atoms in total. The van der Waals surface area contributed by atoms with E-state index in [1.165, 1.54) is 0 Å². The van der Waals surface area contributed by atoms with Gasteiger partial charge < -0.3 is 40.1 Å². The number of aromatic nitrogens is 2. The lowest BCUT2D eigenvalue weighted by molar-refractivity contribution is -0.183. The minimum atomic E-state index is -1.47. The van der Waals surface area contributed by atoms with Gasteiger partial charge in [0.2, 0.25) is 0 Å². The SMILES string of the molecule is O=C(O)CC(C(=O)OC1CCC1OC(=O)C(CC(=O)O)c1cc(O)[nH]c1O)c1cc(O)[nH]c1O. The van der Waals surface area contributed by atoms with Gasteiger partial charge in [-0.05, 0) is 12.8 Å². The molecular formula is C20H22N2O12. The van der Waals surface area contributed by atoms with E-state index in [4.69, 9.17) is 19.7 Å². The Balaban J connectivity index is 1.70. The molecule has 1 aliphatic rings. The zero-order valence-electron chi connectivity index (χ0n) is 17.4. The summed E-state index contributed by atoms with van der Waals surface area (Å²) < 4.78 is 10.6. The second-order valence-corrected chi connectivity index (χ2v) is 7.75. The third-order valence-electron chi connectivity index (χ3n) is 5.39. The van der Waals surface area contributed by atoms with Crippen LogP contribution in [0.25, 0.3) is 0 Å². The van der Waals surface area contributed by atoms with Crippen molar-refractivity contribution in [3.63, 3.8) is 0 Å². The van der Waals surface area contributed by atoms with E-state index in [0.717, 1.165) is 12.1 Å². The van der Waals surface area contributed by atoms with Crippen LogP contribution in [0.3, 0.4) is 0 Å². The van der Waals surface area contributed by atoms with Gasteiger partial charge in [0.15, 0.2) is 23.5 Å². The van der Waals surface area contributed by atoms with Crippen molar-refractivity contribution in [2.45, 2.75) is 49.7 Å². The van der Waals surface area contributed by atoms with Crippen LogP contribution in [0.5, 0.6) is 23.5 Å². The van der Waals surface area contributed by atoms with E-state index in [1.807, 2.05) is 0 Å². The number of aromatic amines is 2. The fourth-order valence-electron chi connectivity index (χ4n) is 3.58. The quantitative estimate of drug-likeness (QED) is 0.217. The molecule has 0 saturated heterocycles. The molecule has 34 heavy (non-hydrogen) atoms. The average molecular weight is 482 g/mol. The number of carboxylic acid groups (broad SMARTS) is 2. The summed E-state index contributed by atoms with van der Waals surface area (Å²) in [6.45, 7) is 0. The van der Waals surface area contributed by atoms with Crippen LogP contribution in [0.1, 0.15) is 48.6 Å². The predicted molar refractivity (Wildman–Crippen MR) is 107 cm³/mol. The molecule has 184 valence electrons. The number of aromatic hydroxyl groups is 4. The molecule has 0 amide bonds. The Hall–Kier alpha value is -4.36. The molecule has 0 spiro atoms. The van der Waals surface area contributed by atoms with Gasteiger partial charge in [-0.1, -0.05) is 0 Å². The molecular weight excluding hydrogens is 460 g/mol. The Kier molecular flexibility index (Phi) is 6.89. The second-order valence-electron chi connectivity index (χ2n) is 7.75. The summed E-state index contributed by atoms with van der Waals surface area (Å²) in [5.74, 6) is -9.96. The Morgan fingerprint density at radius 3 is 1.35 bits per heavy atom. The van der Waals surface area contributed by atoms with Gasteiger partial charge in [-0.2, -0.15) is 0 Å². The van der Waals surface area contributed by atoms with Crippen molar-refractivity contribution in [2.24, 2.45) is 0 Å². The van der Waals surface area contributed by atoms with Crippen molar-refractivity contribution in [1.29, 1.82) is 0 Å². The summed E-state index contributed by atoms with van der Waals surface area (Å²) in [5.41, 5.74) is -0.385. The minimum Gasteiger partial charge on any atom is -0.495 e. The number of carbonyl (C=O) groups is 4. The number of ether oxygens (including phenoxy) is 2. The summed E-state index contributed by atoms with van der Waals surface area (Å²) in [6, 6.07) is 1.97. The highest BCUT2D eigenvalue weighted by molar-refractivity contribution is 5.86. The normalized spacial score (nSPS) is 18.9. The van der Waals surface area contributed by atoms with Gasteiger partial charge in [-0.15, -0.1) is 0 Å². The standard InChI is InChI=1S/C20H22N2O12/c23-13-3-7(17(29)21-13)9(5-15(25)26)19(31)33-11-1-2-12(11)34-20(32)10(6-16(27)28)8-4-14(24)22-18(8)30/h3-4,9-12,21-24,29-30H,1-2,5-6H2,(H,25,26)(H,27,28). The lowest BCUT2D eigenvalue weighted by Crippen LogP contribution is -2.45. The van der Waals surface area contributed by atoms with E-state index < -0.39 is 84.3 Å². The summed E-state index contributed by atoms with van der Waals surface area (Å²) in [6.07, 6.45) is -2.93. The molecule has 8 N–H and O–H groups in total. The Morgan fingerprint density at radius 2 is 1.12 bits per heavy atom. The Morgan fingerprint density at radius 1 is 0.765 bits per heavy atom. The molecule has 2 aromatic heterocycles. The van der Waals surface area contributed by atoms with E-state index in [0.29, 0.717) is 0 Å². The maximum atomic E-state index is 12.6. The summed E-state index contributed by atoms with van der Waals surface area (Å²) in [5, 5.41) is 56.8. The first kappa shape index (κ1) is 24.3. The molecule has 0 aliphatic heterocycles. The fraction of sp³-hybridized carbons (Fsp3) is 0.400. The van der Waals surface area contributed by atoms with Crippen molar-refractivity contribution in [1.82, 2.24) is 9.97 Å². The number of carbonyl (C=O) groups excluding carboxylic acids is 2. The smallest absolute Gasteiger partial charge is 0.314 e. The van der Waals surface area contributed by atoms with E-state index >= 15 is 0 Å². The van der Waals surface area contributed by atoms with E-state index in [-0.39, 0.29) is 24.0 Å². The van der Waals surface area contributed by atoms with Gasteiger partial charge in [0.1, 0.15) is 12.2 Å². The number of esters is 2. The fourth-order valence-corrected chi connectivity index (χ4v) is 3.58. The van der Waals surface area contributed by atoms with Crippen LogP contribution in [-0.2, 0) is 28.7 Å². The number of H-pyrrole nitrogens is 2. The number of nitrogens with one attached hydrogen (secondary N) is 2. The van der Waals surface area contributed by atoms with Crippen LogP contribution in [0, 0.1) is 0 Å². The number of hydrogen-bond donors (Lipinski definition) is 8. The highest BCUT2D eigenvalue weighted by atomic mass is 16.6. The first-order chi connectivity index (χ1) is 16.0. The molecule has 4 atom stereocenters. The number of carboxylic acids is 2. The lowest BCUT2D eigenvalue weighted by atomic mass is 9.90. The van der Waals surface area contributed by atoms with Gasteiger partial charge in [-0.25, -0.2) is 0 Å². The van der Waals surface area contributed by atoms with Crippen LogP contribution in [0.15, 0.2) is 12.1 Å². The molecule has 0 bridgehead atoms. The van der Waals surface area contributed by atoms with Gasteiger partial charge in [0.25, 0.3) is 0 Å². The van der Waals surface area contributed by atoms with Crippen LogP contribution < -0.4 is 0 Å². The molecule has 2 heterocycles. The maximum absolute atomic E-state index is 12.6. The minimum absolute atomic E-state index is 0.193. The van der Waals surface area contributed by atoms with E-state index in [1.54, 1.807) is 0 Å². The first-order valence-electron chi connectivity index (χ1n) is 10.0. The monoisotopic (exact) mass is 482 g/mol. The Bertz CT molecular complexity index is 1020. The van der Waals surface area contributed by atoms with Crippen molar-refractivity contribution >= 4 is 23.9 Å². The predicted octanol–water partition coefficient (Wildman–Crippen LogP) is 0.599. The molecule has 4 unspecified atom stereocenters. The van der Waals surface area contributed by atoms with Gasteiger partial charge in [0, 0.05) is 23.3 Å². The van der Waals surface area contributed by atoms with Crippen LogP contribution in [0.2, 0.25) is 0 Å². The number of hydrogen-bond acceptors (Lipinski definition) is 10. The highest BCUT2D eigenvalue weighted by Gasteiger charge is 2.42. The topological polar surface area (TPSA) is 240 Å². The van der Waals surface area contributed by atoms with E-state index in [2.05, 4.69) is 9.97 Å². The van der Waals surface area contributed by atoms with Crippen LogP contribution in [-0.4, -0.2) is 76.7 Å². The van der Waals surface area contributed by atoms with Crippen molar-refractivity contribution in [2.75, 3.05) is 0 Å². The van der Waals surface area contributed by atoms with Gasteiger partial charge >= 0.3 is 23.9 Å². The second kappa shape index (κ2) is 9.64. The maximum Gasteiger partial charge on any atom is 0.314 e. The largest absolute Gasteiger partial charge is 0.495 e. The zero-order chi connectivity index (χ0) is 25.2. The molecule has 14 heteroatoms. The van der Waals surface area contributed by atoms with Crippen LogP contribution >= 0.6 is 0 Å². The lowest BCUT2D eigenvalue weighted by Gasteiger charge is -2.36. The summed E-state index contributed by atoms with van der Waals surface area (Å²) in [4.78, 5) is 51.9. The highest BCUT2D eigenvalue weighted by Crippen LogP contribution is 2.37.